The molecular formula is C25H24ClFN4O5S. The Kier molecular flexibility index (Phi) is 7.24. The van der Waals surface area contributed by atoms with Gasteiger partial charge in [0.25, 0.3) is 5.91 Å². The van der Waals surface area contributed by atoms with Crippen molar-refractivity contribution in [3.63, 3.8) is 0 Å². The molecule has 9 nitrogen and oxygen atoms in total. The number of benzene rings is 3. The van der Waals surface area contributed by atoms with E-state index in [-0.39, 0.29) is 34.7 Å². The molecule has 0 aromatic heterocycles. The van der Waals surface area contributed by atoms with Crippen molar-refractivity contribution < 1.29 is 27.5 Å². The van der Waals surface area contributed by atoms with E-state index in [9.17, 15) is 23.1 Å². The van der Waals surface area contributed by atoms with Crippen LogP contribution in [0.5, 0.6) is 0 Å². The summed E-state index contributed by atoms with van der Waals surface area (Å²) in [6.07, 6.45) is 0.182. The van der Waals surface area contributed by atoms with Crippen LogP contribution in [0, 0.1) is 11.7 Å². The number of primary sulfonamides is 1. The Balaban J connectivity index is 1.56. The number of aliphatic hydroxyl groups is 1. The summed E-state index contributed by atoms with van der Waals surface area (Å²) in [6, 6.07) is 15.5. The number of hydrogen-bond acceptors (Lipinski definition) is 5. The zero-order chi connectivity index (χ0) is 27.0. The number of anilines is 2. The summed E-state index contributed by atoms with van der Waals surface area (Å²) in [4.78, 5) is 27.2. The monoisotopic (exact) mass is 546 g/mol. The first kappa shape index (κ1) is 26.6. The molecule has 0 radical (unpaired) electrons. The van der Waals surface area contributed by atoms with Crippen LogP contribution in [0.25, 0.3) is 11.1 Å². The van der Waals surface area contributed by atoms with E-state index in [2.05, 4.69) is 10.6 Å². The lowest BCUT2D eigenvalue weighted by Crippen LogP contribution is -2.50. The Bertz CT molecular complexity index is 1470. The number of nitrogens with zero attached hydrogens (tertiary/aromatic N) is 1. The van der Waals surface area contributed by atoms with Crippen LogP contribution in [-0.4, -0.2) is 49.6 Å². The van der Waals surface area contributed by atoms with Crippen molar-refractivity contribution in [3.05, 3.63) is 77.6 Å². The second-order valence-corrected chi connectivity index (χ2v) is 10.7. The van der Waals surface area contributed by atoms with E-state index in [0.29, 0.717) is 10.7 Å². The maximum Gasteiger partial charge on any atom is 0.322 e. The van der Waals surface area contributed by atoms with Gasteiger partial charge in [-0.2, -0.15) is 0 Å². The molecule has 1 saturated carbocycles. The number of hydrogen-bond donors (Lipinski definition) is 4. The molecule has 3 amide bonds. The molecule has 1 fully saturated rings. The first-order valence-corrected chi connectivity index (χ1v) is 13.0. The van der Waals surface area contributed by atoms with Gasteiger partial charge in [0.1, 0.15) is 11.4 Å². The van der Waals surface area contributed by atoms with Crippen LogP contribution < -0.4 is 15.8 Å². The van der Waals surface area contributed by atoms with Crippen LogP contribution in [0.3, 0.4) is 0 Å². The fourth-order valence-corrected chi connectivity index (χ4v) is 5.15. The molecular weight excluding hydrogens is 523 g/mol. The van der Waals surface area contributed by atoms with E-state index < -0.39 is 39.2 Å². The summed E-state index contributed by atoms with van der Waals surface area (Å²) in [5.41, 5.74) is -0.652. The molecule has 1 aliphatic carbocycles. The molecule has 37 heavy (non-hydrogen) atoms. The maximum atomic E-state index is 15.0. The van der Waals surface area contributed by atoms with Gasteiger partial charge >= 0.3 is 6.03 Å². The average molecular weight is 547 g/mol. The third kappa shape index (κ3) is 5.30. The van der Waals surface area contributed by atoms with Gasteiger partial charge in [-0.1, -0.05) is 35.9 Å². The maximum absolute atomic E-state index is 15.0. The van der Waals surface area contributed by atoms with Crippen molar-refractivity contribution in [2.24, 2.45) is 11.1 Å². The first-order valence-electron chi connectivity index (χ1n) is 11.1. The highest BCUT2D eigenvalue weighted by molar-refractivity contribution is 7.89. The fourth-order valence-electron chi connectivity index (χ4n) is 4.26. The zero-order valence-electron chi connectivity index (χ0n) is 19.6. The van der Waals surface area contributed by atoms with Gasteiger partial charge < -0.3 is 20.6 Å². The number of aliphatic hydroxyl groups excluding tert-OH is 1. The van der Waals surface area contributed by atoms with Crippen LogP contribution in [0.2, 0.25) is 5.02 Å². The molecule has 2 atom stereocenters. The lowest BCUT2D eigenvalue weighted by Gasteiger charge is -2.29. The molecule has 3 aromatic rings. The molecule has 0 aliphatic heterocycles. The lowest BCUT2D eigenvalue weighted by molar-refractivity contribution is -0.122. The molecule has 2 unspecified atom stereocenters. The van der Waals surface area contributed by atoms with E-state index in [1.54, 1.807) is 30.3 Å². The summed E-state index contributed by atoms with van der Waals surface area (Å²) < 4.78 is 38.9. The first-order chi connectivity index (χ1) is 17.5. The van der Waals surface area contributed by atoms with Gasteiger partial charge in [0.15, 0.2) is 0 Å². The van der Waals surface area contributed by atoms with Gasteiger partial charge in [-0.3, -0.25) is 4.79 Å². The summed E-state index contributed by atoms with van der Waals surface area (Å²) in [5.74, 6) is -2.03. The molecule has 5 N–H and O–H groups in total. The van der Waals surface area contributed by atoms with Crippen LogP contribution in [0.15, 0.2) is 71.6 Å². The van der Waals surface area contributed by atoms with Crippen LogP contribution in [0.4, 0.5) is 20.6 Å². The van der Waals surface area contributed by atoms with Crippen molar-refractivity contribution in [2.45, 2.75) is 16.9 Å². The van der Waals surface area contributed by atoms with Crippen LogP contribution in [-0.2, 0) is 14.8 Å². The minimum atomic E-state index is -4.05. The largest absolute Gasteiger partial charge is 0.396 e. The number of carbonyl (C=O) groups excluding carboxylic acids is 2. The molecule has 0 bridgehead atoms. The third-order valence-electron chi connectivity index (χ3n) is 6.41. The van der Waals surface area contributed by atoms with Crippen molar-refractivity contribution >= 4 is 44.9 Å². The topological polar surface area (TPSA) is 142 Å². The number of halogens is 2. The van der Waals surface area contributed by atoms with Crippen molar-refractivity contribution in [1.82, 2.24) is 4.90 Å². The second kappa shape index (κ2) is 10.1. The van der Waals surface area contributed by atoms with E-state index >= 15 is 4.39 Å². The average Bonchev–Trinajstić information content (AvgIpc) is 3.61. The normalized spacial score (nSPS) is 18.7. The van der Waals surface area contributed by atoms with Crippen LogP contribution >= 0.6 is 11.6 Å². The Morgan fingerprint density at radius 3 is 2.41 bits per heavy atom. The molecule has 0 heterocycles. The number of amides is 3. The van der Waals surface area contributed by atoms with Gasteiger partial charge in [0.2, 0.25) is 10.0 Å². The molecule has 194 valence electrons. The quantitative estimate of drug-likeness (QED) is 0.358. The van der Waals surface area contributed by atoms with Crippen molar-refractivity contribution in [1.29, 1.82) is 0 Å². The fraction of sp³-hybridized carbons (Fsp3) is 0.200. The van der Waals surface area contributed by atoms with Gasteiger partial charge in [-0.05, 0) is 54.4 Å². The molecule has 1 aliphatic rings. The molecule has 12 heteroatoms. The number of urea groups is 1. The highest BCUT2D eigenvalue weighted by Gasteiger charge is 2.64. The van der Waals surface area contributed by atoms with Gasteiger partial charge in [-0.15, -0.1) is 0 Å². The number of rotatable bonds is 7. The Labute approximate surface area is 218 Å². The Hall–Kier alpha value is -3.51. The van der Waals surface area contributed by atoms with Gasteiger partial charge in [-0.25, -0.2) is 22.7 Å². The summed E-state index contributed by atoms with van der Waals surface area (Å²) in [7, 11) is -2.63. The Morgan fingerprint density at radius 2 is 1.81 bits per heavy atom. The van der Waals surface area contributed by atoms with Crippen molar-refractivity contribution in [2.75, 3.05) is 24.3 Å². The smallest absolute Gasteiger partial charge is 0.322 e. The van der Waals surface area contributed by atoms with E-state index in [1.807, 2.05) is 0 Å². The highest BCUT2D eigenvalue weighted by Crippen LogP contribution is 2.49. The lowest BCUT2D eigenvalue weighted by atomic mass is 10.0. The number of carbonyl (C=O) groups is 2. The number of nitrogens with one attached hydrogen (secondary N) is 2. The summed E-state index contributed by atoms with van der Waals surface area (Å²) in [6.45, 7) is -0.349. The summed E-state index contributed by atoms with van der Waals surface area (Å²) in [5, 5.41) is 20.7. The minimum Gasteiger partial charge on any atom is -0.396 e. The zero-order valence-corrected chi connectivity index (χ0v) is 21.2. The van der Waals surface area contributed by atoms with E-state index in [0.717, 1.165) is 6.07 Å². The van der Waals surface area contributed by atoms with E-state index in [1.165, 1.54) is 42.3 Å². The number of sulfonamides is 1. The third-order valence-corrected chi connectivity index (χ3v) is 7.63. The van der Waals surface area contributed by atoms with Gasteiger partial charge in [0, 0.05) is 35.8 Å². The van der Waals surface area contributed by atoms with Crippen molar-refractivity contribution in [3.8, 4) is 11.1 Å². The minimum absolute atomic E-state index is 0.165. The van der Waals surface area contributed by atoms with Gasteiger partial charge in [0.05, 0.1) is 10.6 Å². The molecule has 3 aromatic carbocycles. The second-order valence-electron chi connectivity index (χ2n) is 8.69. The standard InChI is InChI=1S/C25H24ClFN4O5S/c1-31(24(34)29-18-9-7-17(26)8-10-18)25(13-16(25)14-32)23(33)30-21-11-6-15(12-20(21)27)19-4-2-3-5-22(19)37(28,35)36/h2-12,16,32H,13-14H2,1H3,(H,29,34)(H,30,33)(H2,28,35,36). The van der Waals surface area contributed by atoms with Crippen LogP contribution in [0.1, 0.15) is 6.42 Å². The Morgan fingerprint density at radius 1 is 1.14 bits per heavy atom. The van der Waals surface area contributed by atoms with E-state index in [4.69, 9.17) is 16.7 Å². The molecule has 4 rings (SSSR count). The number of likely N-dealkylation sites (N-methyl/N-ethyl adjacent to an activating group) is 1. The molecule has 0 saturated heterocycles. The summed E-state index contributed by atoms with van der Waals surface area (Å²) >= 11 is 5.87. The highest BCUT2D eigenvalue weighted by atomic mass is 35.5. The molecule has 0 spiro atoms. The predicted molar refractivity (Wildman–Crippen MR) is 138 cm³/mol. The number of nitrogens with two attached hydrogens (primary N) is 1. The predicted octanol–water partition coefficient (Wildman–Crippen LogP) is 3.65. The SMILES string of the molecule is CN(C(=O)Nc1ccc(Cl)cc1)C1(C(=O)Nc2ccc(-c3ccccc3S(N)(=O)=O)cc2F)CC1CO.